The number of likely N-dealkylation sites (N-methyl/N-ethyl adjacent to an activating group) is 1. The van der Waals surface area contributed by atoms with E-state index in [1.54, 1.807) is 23.8 Å². The van der Waals surface area contributed by atoms with Crippen LogP contribution in [-0.4, -0.2) is 47.8 Å². The average molecular weight is 290 g/mol. The molecule has 0 aliphatic carbocycles. The molecule has 6 heteroatoms. The molecule has 112 valence electrons. The van der Waals surface area contributed by atoms with Gasteiger partial charge < -0.3 is 14.2 Å². The van der Waals surface area contributed by atoms with Crippen molar-refractivity contribution in [3.8, 4) is 0 Å². The van der Waals surface area contributed by atoms with Crippen molar-refractivity contribution in [1.29, 1.82) is 0 Å². The number of fused-ring (bicyclic) bond motifs is 4. The zero-order chi connectivity index (χ0) is 15.1. The predicted octanol–water partition coefficient (Wildman–Crippen LogP) is 0.641. The third kappa shape index (κ3) is 2.46. The highest BCUT2D eigenvalue weighted by atomic mass is 16.3. The Morgan fingerprint density at radius 2 is 2.00 bits per heavy atom. The molecular formula is C15H18N2O4. The summed E-state index contributed by atoms with van der Waals surface area (Å²) in [6, 6.07) is 2.62. The van der Waals surface area contributed by atoms with Crippen LogP contribution in [0.1, 0.15) is 29.2 Å². The van der Waals surface area contributed by atoms with Crippen LogP contribution >= 0.6 is 0 Å². The Morgan fingerprint density at radius 1 is 1.24 bits per heavy atom. The third-order valence-electron chi connectivity index (χ3n) is 4.35. The Labute approximate surface area is 122 Å². The minimum absolute atomic E-state index is 0.0522. The number of aryl methyl sites for hydroxylation is 1. The van der Waals surface area contributed by atoms with E-state index in [-0.39, 0.29) is 35.0 Å². The molecular weight excluding hydrogens is 272 g/mol. The van der Waals surface area contributed by atoms with Gasteiger partial charge in [-0.2, -0.15) is 0 Å². The van der Waals surface area contributed by atoms with E-state index in [1.165, 1.54) is 12.1 Å². The van der Waals surface area contributed by atoms with Crippen LogP contribution in [-0.2, 0) is 4.79 Å². The van der Waals surface area contributed by atoms with Gasteiger partial charge in [0.25, 0.3) is 5.91 Å². The lowest BCUT2D eigenvalue weighted by Gasteiger charge is -2.32. The summed E-state index contributed by atoms with van der Waals surface area (Å²) in [6.45, 7) is 2.53. The van der Waals surface area contributed by atoms with E-state index >= 15 is 0 Å². The summed E-state index contributed by atoms with van der Waals surface area (Å²) in [5.41, 5.74) is -0.243. The van der Waals surface area contributed by atoms with E-state index in [9.17, 15) is 14.4 Å². The lowest BCUT2D eigenvalue weighted by atomic mass is 9.95. The van der Waals surface area contributed by atoms with E-state index in [0.717, 1.165) is 12.8 Å². The van der Waals surface area contributed by atoms with E-state index in [0.29, 0.717) is 18.8 Å². The Morgan fingerprint density at radius 3 is 2.71 bits per heavy atom. The summed E-state index contributed by atoms with van der Waals surface area (Å²) in [4.78, 5) is 39.6. The van der Waals surface area contributed by atoms with Crippen molar-refractivity contribution >= 4 is 11.8 Å². The number of nitrogens with zero attached hydrogens (tertiary/aromatic N) is 2. The second kappa shape index (κ2) is 5.02. The fourth-order valence-electron chi connectivity index (χ4n) is 3.19. The van der Waals surface area contributed by atoms with Crippen LogP contribution in [0.4, 0.5) is 0 Å². The van der Waals surface area contributed by atoms with E-state index in [4.69, 9.17) is 4.42 Å². The molecule has 4 heterocycles. The molecule has 0 saturated carbocycles. The van der Waals surface area contributed by atoms with Gasteiger partial charge in [-0.15, -0.1) is 0 Å². The first-order valence-electron chi connectivity index (χ1n) is 7.13. The monoisotopic (exact) mass is 290 g/mol. The van der Waals surface area contributed by atoms with Gasteiger partial charge in [-0.25, -0.2) is 0 Å². The Hall–Kier alpha value is -2.11. The molecule has 4 rings (SSSR count). The third-order valence-corrected chi connectivity index (χ3v) is 4.35. The van der Waals surface area contributed by atoms with Gasteiger partial charge in [0.15, 0.2) is 11.2 Å². The molecule has 1 aromatic rings. The lowest BCUT2D eigenvalue weighted by molar-refractivity contribution is -0.138. The Kier molecular flexibility index (Phi) is 3.31. The zero-order valence-corrected chi connectivity index (χ0v) is 12.2. The minimum atomic E-state index is -0.309. The highest BCUT2D eigenvalue weighted by Gasteiger charge is 2.40. The van der Waals surface area contributed by atoms with E-state index in [2.05, 4.69) is 0 Å². The number of carbonyl (C=O) groups excluding carboxylic acids is 2. The number of carbonyl (C=O) groups is 2. The average Bonchev–Trinajstić information content (AvgIpc) is 2.71. The van der Waals surface area contributed by atoms with Gasteiger partial charge in [0.2, 0.25) is 5.91 Å². The molecule has 0 radical (unpaired) electrons. The summed E-state index contributed by atoms with van der Waals surface area (Å²) in [6.07, 6.45) is 1.73. The normalized spacial score (nSPS) is 25.1. The van der Waals surface area contributed by atoms with E-state index < -0.39 is 0 Å². The summed E-state index contributed by atoms with van der Waals surface area (Å²) in [5.74, 6) is 0.116. The van der Waals surface area contributed by atoms with Crippen molar-refractivity contribution in [3.05, 3.63) is 33.9 Å². The number of hydrogen-bond donors (Lipinski definition) is 0. The maximum absolute atomic E-state index is 12.6. The summed E-state index contributed by atoms with van der Waals surface area (Å²) in [7, 11) is 1.79. The van der Waals surface area contributed by atoms with Gasteiger partial charge in [-0.05, 0) is 19.8 Å². The van der Waals surface area contributed by atoms with Gasteiger partial charge in [-0.1, -0.05) is 0 Å². The van der Waals surface area contributed by atoms with Crippen LogP contribution < -0.4 is 5.43 Å². The minimum Gasteiger partial charge on any atom is -0.456 e. The van der Waals surface area contributed by atoms with Crippen molar-refractivity contribution in [2.24, 2.45) is 5.92 Å². The van der Waals surface area contributed by atoms with Gasteiger partial charge in [0, 0.05) is 38.3 Å². The molecule has 2 amide bonds. The van der Waals surface area contributed by atoms with Gasteiger partial charge >= 0.3 is 0 Å². The Balaban J connectivity index is 1.89. The number of amides is 2. The highest BCUT2D eigenvalue weighted by molar-refractivity contribution is 5.92. The van der Waals surface area contributed by atoms with E-state index in [1.807, 2.05) is 0 Å². The molecule has 2 atom stereocenters. The maximum atomic E-state index is 12.6. The summed E-state index contributed by atoms with van der Waals surface area (Å²) >= 11 is 0. The van der Waals surface area contributed by atoms with Crippen LogP contribution in [0.3, 0.4) is 0 Å². The second-order valence-corrected chi connectivity index (χ2v) is 5.86. The van der Waals surface area contributed by atoms with Gasteiger partial charge in [0.1, 0.15) is 5.76 Å². The second-order valence-electron chi connectivity index (χ2n) is 5.86. The van der Waals surface area contributed by atoms with Crippen molar-refractivity contribution < 1.29 is 14.0 Å². The maximum Gasteiger partial charge on any atom is 0.289 e. The van der Waals surface area contributed by atoms with Crippen LogP contribution in [0.2, 0.25) is 0 Å². The molecule has 1 aromatic heterocycles. The van der Waals surface area contributed by atoms with Crippen molar-refractivity contribution in [1.82, 2.24) is 9.80 Å². The molecule has 21 heavy (non-hydrogen) atoms. The fraction of sp³-hybridized carbons (Fsp3) is 0.533. The molecule has 6 nitrogen and oxygen atoms in total. The molecule has 0 unspecified atom stereocenters. The zero-order valence-electron chi connectivity index (χ0n) is 12.2. The number of hydrogen-bond acceptors (Lipinski definition) is 4. The molecule has 0 N–H and O–H groups in total. The van der Waals surface area contributed by atoms with Crippen LogP contribution in [0.5, 0.6) is 0 Å². The molecule has 3 aliphatic heterocycles. The van der Waals surface area contributed by atoms with Crippen molar-refractivity contribution in [3.63, 3.8) is 0 Å². The lowest BCUT2D eigenvalue weighted by Crippen LogP contribution is -2.45. The molecule has 3 aliphatic rings. The molecule has 3 saturated heterocycles. The molecule has 3 fully saturated rings. The van der Waals surface area contributed by atoms with Crippen LogP contribution in [0.25, 0.3) is 0 Å². The SMILES string of the molecule is Cc1cc(=O)cc(C(=O)N2C[C@H]3CC[C@@H](C2)N(C)C3=O)o1. The number of rotatable bonds is 1. The van der Waals surface area contributed by atoms with Crippen LogP contribution in [0, 0.1) is 12.8 Å². The highest BCUT2D eigenvalue weighted by Crippen LogP contribution is 2.28. The standard InChI is InChI=1S/C15H18N2O4/c1-9-5-12(18)6-13(21-9)15(20)17-7-10-3-4-11(8-17)16(2)14(10)19/h5-6,10-11H,3-4,7-8H2,1-2H3/t10-,11+/m1/s1. The molecule has 0 aromatic carbocycles. The topological polar surface area (TPSA) is 70.8 Å². The molecule has 0 spiro atoms. The van der Waals surface area contributed by atoms with Gasteiger partial charge in [-0.3, -0.25) is 14.4 Å². The van der Waals surface area contributed by atoms with Crippen molar-refractivity contribution in [2.45, 2.75) is 25.8 Å². The predicted molar refractivity (Wildman–Crippen MR) is 74.9 cm³/mol. The largest absolute Gasteiger partial charge is 0.456 e. The smallest absolute Gasteiger partial charge is 0.289 e. The first-order valence-corrected chi connectivity index (χ1v) is 7.13. The first-order chi connectivity index (χ1) is 9.95. The number of piperidine rings is 1. The van der Waals surface area contributed by atoms with Crippen LogP contribution in [0.15, 0.2) is 21.3 Å². The molecule has 2 bridgehead atoms. The van der Waals surface area contributed by atoms with Gasteiger partial charge in [0.05, 0.1) is 5.92 Å². The summed E-state index contributed by atoms with van der Waals surface area (Å²) < 4.78 is 5.37. The first kappa shape index (κ1) is 13.9. The van der Waals surface area contributed by atoms with Crippen molar-refractivity contribution in [2.75, 3.05) is 20.1 Å². The fourth-order valence-corrected chi connectivity index (χ4v) is 3.19. The quantitative estimate of drug-likeness (QED) is 0.761. The summed E-state index contributed by atoms with van der Waals surface area (Å²) in [5, 5.41) is 0. The Bertz CT molecular complexity index is 651.